The maximum atomic E-state index is 13.0. The van der Waals surface area contributed by atoms with Crippen LogP contribution in [-0.2, 0) is 9.59 Å². The number of nitrogens with one attached hydrogen (secondary N) is 1. The monoisotopic (exact) mass is 412 g/mol. The number of hydrogen-bond donors (Lipinski definition) is 1. The molecule has 0 unspecified atom stereocenters. The number of fused-ring (bicyclic) bond motifs is 1. The Bertz CT molecular complexity index is 1140. The molecule has 3 aromatic rings. The lowest BCUT2D eigenvalue weighted by Gasteiger charge is -2.12. The van der Waals surface area contributed by atoms with Crippen LogP contribution in [-0.4, -0.2) is 38.8 Å². The Morgan fingerprint density at radius 1 is 1.17 bits per heavy atom. The third kappa shape index (κ3) is 4.02. The topological polar surface area (TPSA) is 105 Å². The predicted octanol–water partition coefficient (Wildman–Crippen LogP) is 3.43. The number of nitrogens with zero attached hydrogens (tertiary/aromatic N) is 3. The number of aromatic nitrogens is 2. The Kier molecular flexibility index (Phi) is 5.09. The molecular formula is C19H13FN4O4S. The fourth-order valence-electron chi connectivity index (χ4n) is 2.74. The van der Waals surface area contributed by atoms with E-state index in [0.717, 1.165) is 16.7 Å². The van der Waals surface area contributed by atoms with Gasteiger partial charge in [0.25, 0.3) is 11.1 Å². The second-order valence-electron chi connectivity index (χ2n) is 6.12. The SMILES string of the molecule is O=C(CCN1C(=O)SC(=Cc2ccc(F)cc2)C1=O)Nc1cccc2nonc12. The average Bonchev–Trinajstić information content (AvgIpc) is 3.28. The van der Waals surface area contributed by atoms with Crippen molar-refractivity contribution in [3.63, 3.8) is 0 Å². The minimum Gasteiger partial charge on any atom is -0.324 e. The summed E-state index contributed by atoms with van der Waals surface area (Å²) in [6, 6.07) is 10.6. The summed E-state index contributed by atoms with van der Waals surface area (Å²) in [6.45, 7) is -0.0652. The van der Waals surface area contributed by atoms with E-state index in [4.69, 9.17) is 0 Å². The van der Waals surface area contributed by atoms with Crippen LogP contribution in [0.1, 0.15) is 12.0 Å². The highest BCUT2D eigenvalue weighted by Gasteiger charge is 2.35. The zero-order chi connectivity index (χ0) is 20.4. The number of carbonyl (C=O) groups is 3. The van der Waals surface area contributed by atoms with Gasteiger partial charge in [0, 0.05) is 13.0 Å². The fraction of sp³-hybridized carbons (Fsp3) is 0.105. The van der Waals surface area contributed by atoms with Crippen molar-refractivity contribution in [2.24, 2.45) is 0 Å². The van der Waals surface area contributed by atoms with E-state index in [1.165, 1.54) is 30.3 Å². The van der Waals surface area contributed by atoms with Crippen LogP contribution >= 0.6 is 11.8 Å². The summed E-state index contributed by atoms with van der Waals surface area (Å²) < 4.78 is 17.6. The molecule has 29 heavy (non-hydrogen) atoms. The van der Waals surface area contributed by atoms with Gasteiger partial charge in [-0.3, -0.25) is 19.3 Å². The molecular weight excluding hydrogens is 399 g/mol. The summed E-state index contributed by atoms with van der Waals surface area (Å²) in [6.07, 6.45) is 1.44. The van der Waals surface area contributed by atoms with Crippen LogP contribution < -0.4 is 5.32 Å². The molecule has 1 aromatic heterocycles. The van der Waals surface area contributed by atoms with Gasteiger partial charge in [0.1, 0.15) is 11.3 Å². The van der Waals surface area contributed by atoms with Gasteiger partial charge in [-0.25, -0.2) is 9.02 Å². The van der Waals surface area contributed by atoms with E-state index >= 15 is 0 Å². The smallest absolute Gasteiger partial charge is 0.293 e. The lowest BCUT2D eigenvalue weighted by atomic mass is 10.2. The summed E-state index contributed by atoms with van der Waals surface area (Å²) >= 11 is 0.782. The summed E-state index contributed by atoms with van der Waals surface area (Å²) in [5.41, 5.74) is 1.94. The van der Waals surface area contributed by atoms with Crippen molar-refractivity contribution in [2.45, 2.75) is 6.42 Å². The lowest BCUT2D eigenvalue weighted by Crippen LogP contribution is -2.31. The van der Waals surface area contributed by atoms with Gasteiger partial charge in [-0.05, 0) is 58.0 Å². The van der Waals surface area contributed by atoms with Gasteiger partial charge in [0.2, 0.25) is 5.91 Å². The van der Waals surface area contributed by atoms with Gasteiger partial charge in [-0.15, -0.1) is 0 Å². The molecule has 2 aromatic carbocycles. The van der Waals surface area contributed by atoms with Crippen LogP contribution in [0, 0.1) is 5.82 Å². The molecule has 4 rings (SSSR count). The number of anilines is 1. The van der Waals surface area contributed by atoms with Crippen molar-refractivity contribution in [2.75, 3.05) is 11.9 Å². The summed E-state index contributed by atoms with van der Waals surface area (Å²) in [4.78, 5) is 38.1. The van der Waals surface area contributed by atoms with Crippen LogP contribution in [0.2, 0.25) is 0 Å². The standard InChI is InChI=1S/C19H13FN4O4S/c20-12-6-4-11(5-7-12)10-15-18(26)24(19(27)29-15)9-8-16(25)21-13-2-1-3-14-17(13)23-28-22-14/h1-7,10H,8-9H2,(H,21,25). The first-order chi connectivity index (χ1) is 14.0. The van der Waals surface area contributed by atoms with Crippen LogP contribution in [0.4, 0.5) is 14.9 Å². The van der Waals surface area contributed by atoms with Crippen molar-refractivity contribution < 1.29 is 23.4 Å². The van der Waals surface area contributed by atoms with E-state index in [2.05, 4.69) is 20.3 Å². The highest BCUT2D eigenvalue weighted by molar-refractivity contribution is 8.18. The minimum absolute atomic E-state index is 0.0652. The maximum absolute atomic E-state index is 13.0. The second-order valence-corrected chi connectivity index (χ2v) is 7.11. The van der Waals surface area contributed by atoms with Gasteiger partial charge in [0.05, 0.1) is 10.6 Å². The third-order valence-electron chi connectivity index (χ3n) is 4.16. The molecule has 0 bridgehead atoms. The predicted molar refractivity (Wildman–Crippen MR) is 104 cm³/mol. The van der Waals surface area contributed by atoms with Crippen LogP contribution in [0.25, 0.3) is 17.1 Å². The number of carbonyl (C=O) groups excluding carboxylic acids is 3. The minimum atomic E-state index is -0.486. The van der Waals surface area contributed by atoms with Crippen molar-refractivity contribution in [3.8, 4) is 0 Å². The van der Waals surface area contributed by atoms with E-state index in [1.807, 2.05) is 0 Å². The zero-order valence-electron chi connectivity index (χ0n) is 14.8. The summed E-state index contributed by atoms with van der Waals surface area (Å²) in [7, 11) is 0. The van der Waals surface area contributed by atoms with Crippen molar-refractivity contribution in [3.05, 3.63) is 58.8 Å². The molecule has 0 saturated carbocycles. The molecule has 8 nitrogen and oxygen atoms in total. The highest BCUT2D eigenvalue weighted by Crippen LogP contribution is 2.32. The quantitative estimate of drug-likeness (QED) is 0.640. The first-order valence-corrected chi connectivity index (χ1v) is 9.35. The number of rotatable bonds is 5. The number of halogens is 1. The Hall–Kier alpha value is -3.53. The number of hydrogen-bond acceptors (Lipinski definition) is 7. The van der Waals surface area contributed by atoms with Gasteiger partial charge in [-0.1, -0.05) is 18.2 Å². The van der Waals surface area contributed by atoms with E-state index < -0.39 is 17.0 Å². The van der Waals surface area contributed by atoms with E-state index in [9.17, 15) is 18.8 Å². The van der Waals surface area contributed by atoms with E-state index in [1.54, 1.807) is 18.2 Å². The second kappa shape index (κ2) is 7.84. The van der Waals surface area contributed by atoms with Gasteiger partial charge in [-0.2, -0.15) is 0 Å². The maximum Gasteiger partial charge on any atom is 0.293 e. The molecule has 0 atom stereocenters. The molecule has 0 radical (unpaired) electrons. The molecule has 146 valence electrons. The molecule has 0 aliphatic carbocycles. The number of amides is 3. The first-order valence-electron chi connectivity index (χ1n) is 8.53. The lowest BCUT2D eigenvalue weighted by molar-refractivity contribution is -0.123. The van der Waals surface area contributed by atoms with Gasteiger partial charge >= 0.3 is 0 Å². The number of thioether (sulfide) groups is 1. The Morgan fingerprint density at radius 3 is 2.76 bits per heavy atom. The van der Waals surface area contributed by atoms with E-state index in [0.29, 0.717) is 22.3 Å². The van der Waals surface area contributed by atoms with Crippen molar-refractivity contribution in [1.82, 2.24) is 15.2 Å². The van der Waals surface area contributed by atoms with Crippen LogP contribution in [0.5, 0.6) is 0 Å². The molecule has 3 amide bonds. The highest BCUT2D eigenvalue weighted by atomic mass is 32.2. The molecule has 2 heterocycles. The van der Waals surface area contributed by atoms with Crippen molar-refractivity contribution >= 4 is 51.6 Å². The molecule has 1 saturated heterocycles. The molecule has 1 N–H and O–H groups in total. The summed E-state index contributed by atoms with van der Waals surface area (Å²) in [5.74, 6) is -1.26. The molecule has 1 aliphatic heterocycles. The Balaban J connectivity index is 1.39. The summed E-state index contributed by atoms with van der Waals surface area (Å²) in [5, 5.41) is 9.65. The molecule has 10 heteroatoms. The van der Waals surface area contributed by atoms with Crippen LogP contribution in [0.15, 0.2) is 52.0 Å². The number of benzene rings is 2. The molecule has 1 fully saturated rings. The van der Waals surface area contributed by atoms with Crippen molar-refractivity contribution in [1.29, 1.82) is 0 Å². The van der Waals surface area contributed by atoms with E-state index in [-0.39, 0.29) is 23.8 Å². The average molecular weight is 412 g/mol. The van der Waals surface area contributed by atoms with Crippen LogP contribution in [0.3, 0.4) is 0 Å². The Morgan fingerprint density at radius 2 is 1.97 bits per heavy atom. The molecule has 1 aliphatic rings. The number of imide groups is 1. The normalized spacial score (nSPS) is 15.5. The first kappa shape index (κ1) is 18.8. The molecule has 0 spiro atoms. The largest absolute Gasteiger partial charge is 0.324 e. The zero-order valence-corrected chi connectivity index (χ0v) is 15.6. The van der Waals surface area contributed by atoms with Gasteiger partial charge in [0.15, 0.2) is 5.52 Å². The van der Waals surface area contributed by atoms with Gasteiger partial charge < -0.3 is 5.32 Å². The Labute approximate surface area is 167 Å². The third-order valence-corrected chi connectivity index (χ3v) is 5.07. The fourth-order valence-corrected chi connectivity index (χ4v) is 3.60.